The fourth-order valence-electron chi connectivity index (χ4n) is 2.47. The Morgan fingerprint density at radius 3 is 2.79 bits per heavy atom. The van der Waals surface area contributed by atoms with Gasteiger partial charge in [-0.25, -0.2) is 0 Å². The van der Waals surface area contributed by atoms with Crippen molar-refractivity contribution in [3.05, 3.63) is 28.3 Å². The highest BCUT2D eigenvalue weighted by molar-refractivity contribution is 6.15. The van der Waals surface area contributed by atoms with Gasteiger partial charge < -0.3 is 20.5 Å². The summed E-state index contributed by atoms with van der Waals surface area (Å²) in [5, 5.41) is 25.3. The molecule has 1 heterocycles. The molecule has 2 amide bonds. The Labute approximate surface area is 137 Å². The molecule has 128 valence electrons. The zero-order valence-corrected chi connectivity index (χ0v) is 13.0. The van der Waals surface area contributed by atoms with Crippen molar-refractivity contribution in [2.75, 3.05) is 18.5 Å². The van der Waals surface area contributed by atoms with Gasteiger partial charge in [-0.1, -0.05) is 0 Å². The van der Waals surface area contributed by atoms with Gasteiger partial charge in [0.1, 0.15) is 0 Å². The van der Waals surface area contributed by atoms with Crippen molar-refractivity contribution in [1.29, 1.82) is 0 Å². The van der Waals surface area contributed by atoms with E-state index in [0.717, 1.165) is 18.9 Å². The lowest BCUT2D eigenvalue weighted by molar-refractivity contribution is -0.385. The van der Waals surface area contributed by atoms with E-state index in [-0.39, 0.29) is 35.7 Å². The maximum Gasteiger partial charge on any atom is 0.278 e. The molecule has 1 atom stereocenters. The van der Waals surface area contributed by atoms with Gasteiger partial charge >= 0.3 is 0 Å². The lowest BCUT2D eigenvalue weighted by Crippen LogP contribution is -2.59. The third kappa shape index (κ3) is 2.67. The molecule has 0 aromatic heterocycles. The number of nitro benzene ring substituents is 1. The summed E-state index contributed by atoms with van der Waals surface area (Å²) < 4.78 is 5.51. The first kappa shape index (κ1) is 16.2. The molecule has 3 rings (SSSR count). The normalized spacial score (nSPS) is 23.5. The van der Waals surface area contributed by atoms with Crippen molar-refractivity contribution < 1.29 is 24.4 Å². The SMILES string of the molecule is CC1(C(=O)NCC2(CO)CC2)Oc2cc([N+](=O)[O-])ccc2NC1=O. The van der Waals surface area contributed by atoms with Crippen LogP contribution in [0.3, 0.4) is 0 Å². The summed E-state index contributed by atoms with van der Waals surface area (Å²) in [5.74, 6) is -1.25. The van der Waals surface area contributed by atoms with Crippen LogP contribution in [0.1, 0.15) is 19.8 Å². The number of nitrogens with zero attached hydrogens (tertiary/aromatic N) is 1. The Kier molecular flexibility index (Phi) is 3.67. The summed E-state index contributed by atoms with van der Waals surface area (Å²) in [4.78, 5) is 35.0. The Morgan fingerprint density at radius 2 is 2.21 bits per heavy atom. The van der Waals surface area contributed by atoms with Crippen LogP contribution >= 0.6 is 0 Å². The highest BCUT2D eigenvalue weighted by Crippen LogP contribution is 2.44. The van der Waals surface area contributed by atoms with Crippen molar-refractivity contribution in [2.24, 2.45) is 5.41 Å². The van der Waals surface area contributed by atoms with Crippen molar-refractivity contribution in [3.8, 4) is 5.75 Å². The number of hydrogen-bond acceptors (Lipinski definition) is 6. The predicted octanol–water partition coefficient (Wildman–Crippen LogP) is 0.573. The van der Waals surface area contributed by atoms with Crippen LogP contribution in [-0.4, -0.2) is 40.6 Å². The van der Waals surface area contributed by atoms with Crippen molar-refractivity contribution in [1.82, 2.24) is 5.32 Å². The number of ether oxygens (including phenoxy) is 1. The zero-order chi connectivity index (χ0) is 17.5. The summed E-state index contributed by atoms with van der Waals surface area (Å²) in [5.41, 5.74) is -2.09. The molecule has 24 heavy (non-hydrogen) atoms. The summed E-state index contributed by atoms with van der Waals surface area (Å²) in [6, 6.07) is 3.76. The van der Waals surface area contributed by atoms with E-state index in [2.05, 4.69) is 10.6 Å². The highest BCUT2D eigenvalue weighted by Gasteiger charge is 2.49. The summed E-state index contributed by atoms with van der Waals surface area (Å²) in [7, 11) is 0. The lowest BCUT2D eigenvalue weighted by atomic mass is 10.0. The predicted molar refractivity (Wildman–Crippen MR) is 82.5 cm³/mol. The maximum atomic E-state index is 12.4. The first-order chi connectivity index (χ1) is 11.3. The van der Waals surface area contributed by atoms with Gasteiger partial charge in [-0.2, -0.15) is 0 Å². The molecule has 1 fully saturated rings. The second kappa shape index (κ2) is 5.45. The minimum atomic E-state index is -1.84. The van der Waals surface area contributed by atoms with Gasteiger partial charge in [-0.15, -0.1) is 0 Å². The number of aliphatic hydroxyl groups excluding tert-OH is 1. The summed E-state index contributed by atoms with van der Waals surface area (Å²) >= 11 is 0. The van der Waals surface area contributed by atoms with Crippen LogP contribution < -0.4 is 15.4 Å². The van der Waals surface area contributed by atoms with Crippen LogP contribution in [0, 0.1) is 15.5 Å². The number of nitrogens with one attached hydrogen (secondary N) is 2. The number of aliphatic hydroxyl groups is 1. The maximum absolute atomic E-state index is 12.4. The molecule has 1 unspecified atom stereocenters. The second-order valence-electron chi connectivity index (χ2n) is 6.37. The Bertz CT molecular complexity index is 730. The monoisotopic (exact) mass is 335 g/mol. The molecule has 9 heteroatoms. The highest BCUT2D eigenvalue weighted by atomic mass is 16.6. The zero-order valence-electron chi connectivity index (χ0n) is 13.0. The van der Waals surface area contributed by atoms with Crippen LogP contribution in [0.5, 0.6) is 5.75 Å². The van der Waals surface area contributed by atoms with Crippen molar-refractivity contribution in [2.45, 2.75) is 25.4 Å². The number of rotatable bonds is 5. The number of hydrogen-bond donors (Lipinski definition) is 3. The van der Waals surface area contributed by atoms with Gasteiger partial charge in [0.05, 0.1) is 23.3 Å². The molecule has 1 aromatic carbocycles. The van der Waals surface area contributed by atoms with Crippen molar-refractivity contribution >= 4 is 23.2 Å². The molecule has 0 bridgehead atoms. The largest absolute Gasteiger partial charge is 0.465 e. The van der Waals surface area contributed by atoms with Gasteiger partial charge in [0, 0.05) is 18.0 Å². The Morgan fingerprint density at radius 1 is 1.50 bits per heavy atom. The average molecular weight is 335 g/mol. The molecule has 0 saturated heterocycles. The molecule has 1 aliphatic heterocycles. The van der Waals surface area contributed by atoms with E-state index in [9.17, 15) is 24.8 Å². The van der Waals surface area contributed by atoms with Crippen LogP contribution in [0.15, 0.2) is 18.2 Å². The summed E-state index contributed by atoms with van der Waals surface area (Å²) in [6.07, 6.45) is 1.62. The van der Waals surface area contributed by atoms with Crippen LogP contribution in [0.4, 0.5) is 11.4 Å². The van der Waals surface area contributed by atoms with Gasteiger partial charge in [-0.05, 0) is 25.8 Å². The van der Waals surface area contributed by atoms with Gasteiger partial charge in [0.2, 0.25) is 0 Å². The van der Waals surface area contributed by atoms with Crippen LogP contribution in [0.25, 0.3) is 0 Å². The molecule has 1 saturated carbocycles. The smallest absolute Gasteiger partial charge is 0.278 e. The molecule has 1 aliphatic carbocycles. The van der Waals surface area contributed by atoms with Crippen LogP contribution in [0.2, 0.25) is 0 Å². The molecule has 2 aliphatic rings. The third-order valence-corrected chi connectivity index (χ3v) is 4.52. The van der Waals surface area contributed by atoms with E-state index in [1.54, 1.807) is 0 Å². The summed E-state index contributed by atoms with van der Waals surface area (Å²) in [6.45, 7) is 1.51. The number of non-ortho nitro benzene ring substituents is 1. The van der Waals surface area contributed by atoms with E-state index in [1.165, 1.54) is 19.1 Å². The number of anilines is 1. The minimum Gasteiger partial charge on any atom is -0.465 e. The first-order valence-electron chi connectivity index (χ1n) is 7.48. The fraction of sp³-hybridized carbons (Fsp3) is 0.467. The number of nitro groups is 1. The number of amides is 2. The number of carbonyl (C=O) groups is 2. The van der Waals surface area contributed by atoms with Gasteiger partial charge in [0.25, 0.3) is 23.1 Å². The van der Waals surface area contributed by atoms with E-state index in [0.29, 0.717) is 0 Å². The van der Waals surface area contributed by atoms with E-state index < -0.39 is 22.3 Å². The third-order valence-electron chi connectivity index (χ3n) is 4.52. The number of fused-ring (bicyclic) bond motifs is 1. The van der Waals surface area contributed by atoms with E-state index in [1.807, 2.05) is 0 Å². The van der Waals surface area contributed by atoms with E-state index >= 15 is 0 Å². The quantitative estimate of drug-likeness (QED) is 0.410. The average Bonchev–Trinajstić information content (AvgIpc) is 3.33. The second-order valence-corrected chi connectivity index (χ2v) is 6.37. The molecule has 9 nitrogen and oxygen atoms in total. The number of benzene rings is 1. The Hall–Kier alpha value is -2.68. The van der Waals surface area contributed by atoms with Gasteiger partial charge in [-0.3, -0.25) is 19.7 Å². The van der Waals surface area contributed by atoms with Gasteiger partial charge in [0.15, 0.2) is 5.75 Å². The fourth-order valence-corrected chi connectivity index (χ4v) is 2.47. The van der Waals surface area contributed by atoms with E-state index in [4.69, 9.17) is 4.74 Å². The first-order valence-corrected chi connectivity index (χ1v) is 7.48. The molecule has 3 N–H and O–H groups in total. The molecule has 1 aromatic rings. The lowest BCUT2D eigenvalue weighted by Gasteiger charge is -2.33. The van der Waals surface area contributed by atoms with Crippen molar-refractivity contribution in [3.63, 3.8) is 0 Å². The molecular formula is C15H17N3O6. The molecule has 0 radical (unpaired) electrons. The number of carbonyl (C=O) groups excluding carboxylic acids is 2. The molecular weight excluding hydrogens is 318 g/mol. The standard InChI is InChI=1S/C15H17N3O6/c1-14(12(20)16-7-15(8-19)4-5-15)13(21)17-10-3-2-9(18(22)23)6-11(10)24-14/h2-3,6,19H,4-5,7-8H2,1H3,(H,16,20)(H,17,21). The molecule has 0 spiro atoms. The topological polar surface area (TPSA) is 131 Å². The Balaban J connectivity index is 1.80. The minimum absolute atomic E-state index is 0.0356. The van der Waals surface area contributed by atoms with Crippen LogP contribution in [-0.2, 0) is 9.59 Å².